The van der Waals surface area contributed by atoms with Crippen LogP contribution in [-0.4, -0.2) is 0 Å². The van der Waals surface area contributed by atoms with Crippen molar-refractivity contribution in [3.63, 3.8) is 0 Å². The van der Waals surface area contributed by atoms with Crippen molar-refractivity contribution in [1.29, 1.82) is 0 Å². The SMILES string of the molecule is [Cl-].[Cl-].[Ti+4].c1ccc2[cH-]c(Cc3cc4ccccc4[cH-]3)cc2c1. The Morgan fingerprint density at radius 2 is 1.05 bits per heavy atom. The zero-order valence-corrected chi connectivity index (χ0v) is 15.0. The van der Waals surface area contributed by atoms with Gasteiger partial charge in [-0.3, -0.25) is 0 Å². The van der Waals surface area contributed by atoms with Crippen molar-refractivity contribution in [1.82, 2.24) is 0 Å². The molecule has 0 aliphatic carbocycles. The summed E-state index contributed by atoms with van der Waals surface area (Å²) in [6.45, 7) is 0. The molecule has 0 amide bonds. The zero-order valence-electron chi connectivity index (χ0n) is 11.9. The van der Waals surface area contributed by atoms with Crippen molar-refractivity contribution < 1.29 is 46.5 Å². The fourth-order valence-electron chi connectivity index (χ4n) is 2.87. The first kappa shape index (κ1) is 19.0. The molecule has 0 saturated carbocycles. The van der Waals surface area contributed by atoms with Gasteiger partial charge in [0.15, 0.2) is 0 Å². The molecule has 0 atom stereocenters. The molecular weight excluding hydrogens is 347 g/mol. The van der Waals surface area contributed by atoms with Crippen molar-refractivity contribution in [2.24, 2.45) is 0 Å². The average Bonchev–Trinajstić information content (AvgIpc) is 3.00. The minimum Gasteiger partial charge on any atom is -1.00 e. The molecule has 3 heteroatoms. The fourth-order valence-corrected chi connectivity index (χ4v) is 2.87. The molecule has 0 aliphatic rings. The Kier molecular flexibility index (Phi) is 6.90. The summed E-state index contributed by atoms with van der Waals surface area (Å²) < 4.78 is 0. The summed E-state index contributed by atoms with van der Waals surface area (Å²) in [5.74, 6) is 0. The molecule has 0 saturated heterocycles. The Balaban J connectivity index is 0.000000807. The monoisotopic (exact) mass is 360 g/mol. The Labute approximate surface area is 158 Å². The van der Waals surface area contributed by atoms with Crippen LogP contribution in [0.4, 0.5) is 0 Å². The van der Waals surface area contributed by atoms with E-state index in [-0.39, 0.29) is 46.5 Å². The van der Waals surface area contributed by atoms with Gasteiger partial charge in [0.05, 0.1) is 0 Å². The molecule has 0 heterocycles. The van der Waals surface area contributed by atoms with E-state index in [0.29, 0.717) is 0 Å². The predicted molar refractivity (Wildman–Crippen MR) is 81.9 cm³/mol. The summed E-state index contributed by atoms with van der Waals surface area (Å²) in [7, 11) is 0. The summed E-state index contributed by atoms with van der Waals surface area (Å²) in [5.41, 5.74) is 2.80. The Morgan fingerprint density at radius 1 is 0.636 bits per heavy atom. The van der Waals surface area contributed by atoms with Crippen molar-refractivity contribution in [2.75, 3.05) is 0 Å². The van der Waals surface area contributed by atoms with E-state index in [9.17, 15) is 0 Å². The van der Waals surface area contributed by atoms with E-state index in [1.165, 1.54) is 32.7 Å². The number of hydrogen-bond donors (Lipinski definition) is 0. The summed E-state index contributed by atoms with van der Waals surface area (Å²) >= 11 is 0. The number of halogens is 2. The molecule has 0 N–H and O–H groups in total. The van der Waals surface area contributed by atoms with E-state index >= 15 is 0 Å². The van der Waals surface area contributed by atoms with Gasteiger partial charge in [-0.2, -0.15) is 12.1 Å². The topological polar surface area (TPSA) is 0 Å². The third-order valence-corrected chi connectivity index (χ3v) is 3.76. The molecule has 0 unspecified atom stereocenters. The first-order valence-corrected chi connectivity index (χ1v) is 6.67. The van der Waals surface area contributed by atoms with E-state index in [0.717, 1.165) is 6.42 Å². The van der Waals surface area contributed by atoms with Gasteiger partial charge in [-0.25, -0.2) is 0 Å². The second-order valence-corrected chi connectivity index (χ2v) is 5.16. The van der Waals surface area contributed by atoms with Crippen molar-refractivity contribution in [2.45, 2.75) is 6.42 Å². The molecule has 4 aromatic rings. The number of fused-ring (bicyclic) bond motifs is 2. The number of rotatable bonds is 2. The van der Waals surface area contributed by atoms with E-state index in [2.05, 4.69) is 72.8 Å². The van der Waals surface area contributed by atoms with Crippen LogP contribution in [0.25, 0.3) is 21.5 Å². The Hall–Kier alpha value is -1.05. The summed E-state index contributed by atoms with van der Waals surface area (Å²) in [6.07, 6.45) is 1.02. The van der Waals surface area contributed by atoms with Gasteiger partial charge in [-0.15, -0.1) is 81.2 Å². The van der Waals surface area contributed by atoms with Crippen LogP contribution in [0.1, 0.15) is 11.1 Å². The van der Waals surface area contributed by atoms with Crippen LogP contribution in [0.2, 0.25) is 0 Å². The molecular formula is C19H14Cl2Ti. The molecule has 0 aromatic heterocycles. The molecule has 0 aliphatic heterocycles. The van der Waals surface area contributed by atoms with Crippen LogP contribution >= 0.6 is 0 Å². The van der Waals surface area contributed by atoms with Gasteiger partial charge >= 0.3 is 21.7 Å². The van der Waals surface area contributed by atoms with Crippen LogP contribution in [-0.2, 0) is 28.1 Å². The minimum atomic E-state index is 0. The average molecular weight is 361 g/mol. The standard InChI is InChI=1S/C19H14.2ClH.Ti/c1-2-6-17-11-14(10-16(17)5-1)9-15-12-18-7-3-4-8-19(18)13-15;;;/h1-8,10-13H,9H2;2*1H;/q-2;;;+4/p-2. The van der Waals surface area contributed by atoms with E-state index in [4.69, 9.17) is 0 Å². The summed E-state index contributed by atoms with van der Waals surface area (Å²) in [4.78, 5) is 0. The molecule has 0 fully saturated rings. The van der Waals surface area contributed by atoms with Crippen LogP contribution in [0.5, 0.6) is 0 Å². The number of benzene rings is 2. The Bertz CT molecular complexity index is 720. The molecule has 0 radical (unpaired) electrons. The second kappa shape index (κ2) is 7.99. The normalized spacial score (nSPS) is 9.82. The van der Waals surface area contributed by atoms with Crippen LogP contribution in [0, 0.1) is 0 Å². The molecule has 22 heavy (non-hydrogen) atoms. The molecule has 4 aromatic carbocycles. The van der Waals surface area contributed by atoms with Gasteiger partial charge in [-0.05, 0) is 6.42 Å². The van der Waals surface area contributed by atoms with Gasteiger partial charge in [0.25, 0.3) is 0 Å². The quantitative estimate of drug-likeness (QED) is 0.318. The van der Waals surface area contributed by atoms with E-state index < -0.39 is 0 Å². The molecule has 4 rings (SSSR count). The van der Waals surface area contributed by atoms with Crippen molar-refractivity contribution in [3.05, 3.63) is 83.9 Å². The first-order chi connectivity index (χ1) is 9.38. The largest absolute Gasteiger partial charge is 4.00 e. The van der Waals surface area contributed by atoms with Gasteiger partial charge in [-0.1, -0.05) is 12.1 Å². The smallest absolute Gasteiger partial charge is 1.00 e. The third kappa shape index (κ3) is 3.64. The maximum atomic E-state index is 2.30. The van der Waals surface area contributed by atoms with Gasteiger partial charge in [0.2, 0.25) is 0 Å². The first-order valence-electron chi connectivity index (χ1n) is 6.67. The van der Waals surface area contributed by atoms with E-state index in [1.54, 1.807) is 0 Å². The van der Waals surface area contributed by atoms with Crippen molar-refractivity contribution >= 4 is 21.5 Å². The number of hydrogen-bond acceptors (Lipinski definition) is 0. The summed E-state index contributed by atoms with van der Waals surface area (Å²) in [6, 6.07) is 26.3. The molecule has 108 valence electrons. The van der Waals surface area contributed by atoms with E-state index in [1.807, 2.05) is 0 Å². The molecule has 0 spiro atoms. The maximum Gasteiger partial charge on any atom is 4.00 e. The second-order valence-electron chi connectivity index (χ2n) is 5.16. The third-order valence-electron chi connectivity index (χ3n) is 3.76. The Morgan fingerprint density at radius 3 is 1.45 bits per heavy atom. The molecule has 0 nitrogen and oxygen atoms in total. The summed E-state index contributed by atoms with van der Waals surface area (Å²) in [5, 5.41) is 5.37. The van der Waals surface area contributed by atoms with Crippen molar-refractivity contribution in [3.8, 4) is 0 Å². The predicted octanol–water partition coefficient (Wildman–Crippen LogP) is -0.973. The fraction of sp³-hybridized carbons (Fsp3) is 0.0526. The van der Waals surface area contributed by atoms with Crippen LogP contribution in [0.3, 0.4) is 0 Å². The van der Waals surface area contributed by atoms with Gasteiger partial charge in [0.1, 0.15) is 0 Å². The maximum absolute atomic E-state index is 2.30. The minimum absolute atomic E-state index is 0. The zero-order chi connectivity index (χ0) is 12.7. The van der Waals surface area contributed by atoms with Gasteiger partial charge < -0.3 is 24.8 Å². The van der Waals surface area contributed by atoms with Crippen LogP contribution in [0.15, 0.2) is 72.8 Å². The van der Waals surface area contributed by atoms with Crippen LogP contribution < -0.4 is 24.8 Å². The van der Waals surface area contributed by atoms with Gasteiger partial charge in [0, 0.05) is 0 Å². The molecule has 0 bridgehead atoms.